The highest BCUT2D eigenvalue weighted by Gasteiger charge is 2.17. The van der Waals surface area contributed by atoms with E-state index in [4.69, 9.17) is 4.74 Å². The summed E-state index contributed by atoms with van der Waals surface area (Å²) < 4.78 is 30.4. The molecular formula is C15H26N2O4S. The highest BCUT2D eigenvalue weighted by molar-refractivity contribution is 7.91. The smallest absolute Gasteiger partial charge is 0.358 e. The highest BCUT2D eigenvalue weighted by atomic mass is 32.2. The van der Waals surface area contributed by atoms with Crippen LogP contribution in [0.15, 0.2) is 6.07 Å². The number of rotatable bonds is 10. The van der Waals surface area contributed by atoms with Crippen molar-refractivity contribution in [3.05, 3.63) is 17.5 Å². The van der Waals surface area contributed by atoms with Crippen LogP contribution in [0.1, 0.15) is 56.2 Å². The van der Waals surface area contributed by atoms with Crippen LogP contribution in [-0.4, -0.2) is 42.3 Å². The second kappa shape index (κ2) is 8.92. The predicted octanol–water partition coefficient (Wildman–Crippen LogP) is 2.23. The highest BCUT2D eigenvalue weighted by Crippen LogP contribution is 2.10. The minimum atomic E-state index is -3.05. The maximum atomic E-state index is 11.9. The van der Waals surface area contributed by atoms with Gasteiger partial charge in [0, 0.05) is 24.4 Å². The van der Waals surface area contributed by atoms with Gasteiger partial charge < -0.3 is 4.74 Å². The van der Waals surface area contributed by atoms with Gasteiger partial charge in [-0.2, -0.15) is 5.10 Å². The number of esters is 1. The zero-order valence-corrected chi connectivity index (χ0v) is 14.5. The molecule has 0 N–H and O–H groups in total. The van der Waals surface area contributed by atoms with Crippen molar-refractivity contribution < 1.29 is 17.9 Å². The minimum absolute atomic E-state index is 0.0842. The van der Waals surface area contributed by atoms with Gasteiger partial charge in [-0.25, -0.2) is 13.2 Å². The SMILES string of the molecule is CCCCn1nc(C(=O)OCC)cc1CCS(=O)(=O)CCC. The molecule has 0 atom stereocenters. The van der Waals surface area contributed by atoms with Gasteiger partial charge in [-0.1, -0.05) is 20.3 Å². The first kappa shape index (κ1) is 18.7. The molecule has 126 valence electrons. The third-order valence-corrected chi connectivity index (χ3v) is 5.11. The van der Waals surface area contributed by atoms with E-state index in [1.165, 1.54) is 0 Å². The number of sulfone groups is 1. The van der Waals surface area contributed by atoms with Crippen LogP contribution in [0.4, 0.5) is 0 Å². The first-order valence-corrected chi connectivity index (χ1v) is 9.69. The first-order valence-electron chi connectivity index (χ1n) is 7.87. The van der Waals surface area contributed by atoms with Crippen LogP contribution >= 0.6 is 0 Å². The van der Waals surface area contributed by atoms with E-state index in [0.717, 1.165) is 18.5 Å². The largest absolute Gasteiger partial charge is 0.461 e. The summed E-state index contributed by atoms with van der Waals surface area (Å²) in [5.74, 6) is -0.183. The third kappa shape index (κ3) is 5.79. The Morgan fingerprint density at radius 3 is 2.55 bits per heavy atom. The van der Waals surface area contributed by atoms with Crippen LogP contribution < -0.4 is 0 Å². The van der Waals surface area contributed by atoms with Crippen molar-refractivity contribution in [1.29, 1.82) is 0 Å². The average molecular weight is 330 g/mol. The molecule has 0 bridgehead atoms. The lowest BCUT2D eigenvalue weighted by Crippen LogP contribution is -2.15. The fourth-order valence-electron chi connectivity index (χ4n) is 2.14. The van der Waals surface area contributed by atoms with Crippen LogP contribution in [0.2, 0.25) is 0 Å². The van der Waals surface area contributed by atoms with Gasteiger partial charge in [0.2, 0.25) is 0 Å². The first-order chi connectivity index (χ1) is 10.4. The number of nitrogens with zero attached hydrogens (tertiary/aromatic N) is 2. The molecule has 1 heterocycles. The molecule has 0 aromatic carbocycles. The number of carbonyl (C=O) groups is 1. The number of hydrogen-bond acceptors (Lipinski definition) is 5. The number of hydrogen-bond donors (Lipinski definition) is 0. The van der Waals surface area contributed by atoms with E-state index in [9.17, 15) is 13.2 Å². The van der Waals surface area contributed by atoms with Gasteiger partial charge >= 0.3 is 5.97 Å². The molecule has 0 fully saturated rings. The van der Waals surface area contributed by atoms with Gasteiger partial charge in [-0.15, -0.1) is 0 Å². The Morgan fingerprint density at radius 2 is 1.95 bits per heavy atom. The molecule has 7 heteroatoms. The molecular weight excluding hydrogens is 304 g/mol. The Labute approximate surface area is 132 Å². The molecule has 6 nitrogen and oxygen atoms in total. The van der Waals surface area contributed by atoms with Gasteiger partial charge in [-0.3, -0.25) is 4.68 Å². The second-order valence-electron chi connectivity index (χ2n) is 5.22. The van der Waals surface area contributed by atoms with Crippen molar-refractivity contribution in [3.63, 3.8) is 0 Å². The lowest BCUT2D eigenvalue weighted by atomic mass is 10.3. The lowest BCUT2D eigenvalue weighted by Gasteiger charge is -2.07. The summed E-state index contributed by atoms with van der Waals surface area (Å²) in [6.45, 7) is 6.63. The molecule has 0 amide bonds. The van der Waals surface area contributed by atoms with Crippen LogP contribution in [0.25, 0.3) is 0 Å². The summed E-state index contributed by atoms with van der Waals surface area (Å²) in [7, 11) is -3.05. The molecule has 0 aliphatic heterocycles. The standard InChI is InChI=1S/C15H26N2O4S/c1-4-7-9-17-13(8-11-22(19,20)10-5-2)12-14(16-17)15(18)21-6-3/h12H,4-11H2,1-3H3. The van der Waals surface area contributed by atoms with Crippen LogP contribution in [0, 0.1) is 0 Å². The summed E-state index contributed by atoms with van der Waals surface area (Å²) in [5.41, 5.74) is 1.03. The normalized spacial score (nSPS) is 11.6. The van der Waals surface area contributed by atoms with Gasteiger partial charge in [0.15, 0.2) is 15.5 Å². The molecule has 1 rings (SSSR count). The van der Waals surface area contributed by atoms with E-state index < -0.39 is 15.8 Å². The molecule has 0 unspecified atom stereocenters. The summed E-state index contributed by atoms with van der Waals surface area (Å²) in [5, 5.41) is 4.26. The van der Waals surface area contributed by atoms with Crippen LogP contribution in [-0.2, 0) is 27.5 Å². The maximum Gasteiger partial charge on any atom is 0.358 e. The summed E-state index contributed by atoms with van der Waals surface area (Å²) in [6, 6.07) is 1.65. The molecule has 1 aromatic rings. The van der Waals surface area contributed by atoms with Crippen molar-refractivity contribution in [3.8, 4) is 0 Å². The van der Waals surface area contributed by atoms with Crippen molar-refractivity contribution in [2.24, 2.45) is 0 Å². The van der Waals surface area contributed by atoms with Crippen molar-refractivity contribution in [2.45, 2.75) is 53.0 Å². The van der Waals surface area contributed by atoms with E-state index in [-0.39, 0.29) is 17.2 Å². The Bertz CT molecular complexity index is 578. The van der Waals surface area contributed by atoms with Crippen LogP contribution in [0.5, 0.6) is 0 Å². The van der Waals surface area contributed by atoms with Gasteiger partial charge in [-0.05, 0) is 25.8 Å². The summed E-state index contributed by atoms with van der Waals surface area (Å²) in [4.78, 5) is 11.8. The lowest BCUT2D eigenvalue weighted by molar-refractivity contribution is 0.0518. The number of carbonyl (C=O) groups excluding carboxylic acids is 1. The Balaban J connectivity index is 2.88. The maximum absolute atomic E-state index is 11.9. The van der Waals surface area contributed by atoms with E-state index in [1.807, 2.05) is 6.92 Å². The van der Waals surface area contributed by atoms with Crippen molar-refractivity contribution in [2.75, 3.05) is 18.1 Å². The molecule has 1 aromatic heterocycles. The molecule has 0 saturated heterocycles. The molecule has 0 radical (unpaired) electrons. The van der Waals surface area contributed by atoms with E-state index in [0.29, 0.717) is 26.0 Å². The zero-order chi connectivity index (χ0) is 16.6. The Kier molecular flexibility index (Phi) is 7.58. The van der Waals surface area contributed by atoms with Gasteiger partial charge in [0.25, 0.3) is 0 Å². The van der Waals surface area contributed by atoms with Crippen LogP contribution in [0.3, 0.4) is 0 Å². The molecule has 0 spiro atoms. The molecule has 22 heavy (non-hydrogen) atoms. The molecule has 0 aliphatic rings. The quantitative estimate of drug-likeness (QED) is 0.615. The monoisotopic (exact) mass is 330 g/mol. The fourth-order valence-corrected chi connectivity index (χ4v) is 3.48. The number of aromatic nitrogens is 2. The minimum Gasteiger partial charge on any atom is -0.461 e. The summed E-state index contributed by atoms with van der Waals surface area (Å²) >= 11 is 0. The molecule has 0 aliphatic carbocycles. The number of ether oxygens (including phenoxy) is 1. The number of unbranched alkanes of at least 4 members (excludes halogenated alkanes) is 1. The molecule has 0 saturated carbocycles. The average Bonchev–Trinajstić information content (AvgIpc) is 2.86. The number of aryl methyl sites for hydroxylation is 2. The van der Waals surface area contributed by atoms with E-state index >= 15 is 0 Å². The zero-order valence-electron chi connectivity index (χ0n) is 13.7. The second-order valence-corrected chi connectivity index (χ2v) is 7.52. The van der Waals surface area contributed by atoms with E-state index in [2.05, 4.69) is 12.0 Å². The fraction of sp³-hybridized carbons (Fsp3) is 0.733. The van der Waals surface area contributed by atoms with Crippen molar-refractivity contribution in [1.82, 2.24) is 9.78 Å². The van der Waals surface area contributed by atoms with Gasteiger partial charge in [0.05, 0.1) is 12.4 Å². The summed E-state index contributed by atoms with van der Waals surface area (Å²) in [6.07, 6.45) is 2.92. The third-order valence-electron chi connectivity index (χ3n) is 3.26. The predicted molar refractivity (Wildman–Crippen MR) is 85.7 cm³/mol. The Hall–Kier alpha value is -1.37. The van der Waals surface area contributed by atoms with Crippen molar-refractivity contribution >= 4 is 15.8 Å². The Morgan fingerprint density at radius 1 is 1.23 bits per heavy atom. The van der Waals surface area contributed by atoms with Gasteiger partial charge in [0.1, 0.15) is 0 Å². The van der Waals surface area contributed by atoms with E-state index in [1.54, 1.807) is 17.7 Å². The topological polar surface area (TPSA) is 78.3 Å².